The van der Waals surface area contributed by atoms with Crippen molar-refractivity contribution in [2.24, 2.45) is 5.73 Å². The molecule has 6 nitrogen and oxygen atoms in total. The molecule has 0 amide bonds. The molecule has 0 saturated carbocycles. The van der Waals surface area contributed by atoms with Gasteiger partial charge in [0.2, 0.25) is 5.89 Å². The van der Waals surface area contributed by atoms with Crippen LogP contribution in [0.1, 0.15) is 17.5 Å². The van der Waals surface area contributed by atoms with Crippen LogP contribution in [0.5, 0.6) is 11.5 Å². The maximum absolute atomic E-state index is 6.19. The van der Waals surface area contributed by atoms with Crippen LogP contribution in [0.15, 0.2) is 27.8 Å². The molecule has 108 valence electrons. The molecular formula is C13H17N3O3S. The monoisotopic (exact) mass is 295 g/mol. The Morgan fingerprint density at radius 3 is 2.70 bits per heavy atom. The zero-order chi connectivity index (χ0) is 14.5. The zero-order valence-electron chi connectivity index (χ0n) is 11.6. The van der Waals surface area contributed by atoms with Gasteiger partial charge in [0.25, 0.3) is 5.22 Å². The fourth-order valence-electron chi connectivity index (χ4n) is 1.71. The topological polar surface area (TPSA) is 83.4 Å². The lowest BCUT2D eigenvalue weighted by Gasteiger charge is -2.15. The average molecular weight is 295 g/mol. The Labute approximate surface area is 121 Å². The first-order chi connectivity index (χ1) is 9.63. The van der Waals surface area contributed by atoms with Crippen molar-refractivity contribution < 1.29 is 13.9 Å². The first kappa shape index (κ1) is 14.7. The van der Waals surface area contributed by atoms with E-state index in [2.05, 4.69) is 10.2 Å². The van der Waals surface area contributed by atoms with Crippen molar-refractivity contribution in [2.75, 3.05) is 20.0 Å². The van der Waals surface area contributed by atoms with Crippen LogP contribution in [-0.4, -0.2) is 30.2 Å². The Bertz CT molecular complexity index is 574. The van der Waals surface area contributed by atoms with Gasteiger partial charge in [0.05, 0.1) is 14.2 Å². The Morgan fingerprint density at radius 2 is 2.10 bits per heavy atom. The number of hydrogen-bond acceptors (Lipinski definition) is 7. The number of ether oxygens (including phenoxy) is 2. The number of nitrogens with two attached hydrogens (primary N) is 1. The number of aromatic nitrogens is 2. The largest absolute Gasteiger partial charge is 0.497 e. The van der Waals surface area contributed by atoms with Gasteiger partial charge in [-0.15, -0.1) is 10.2 Å². The van der Waals surface area contributed by atoms with Gasteiger partial charge in [-0.25, -0.2) is 0 Å². The molecule has 2 rings (SSSR count). The van der Waals surface area contributed by atoms with Crippen LogP contribution in [0.2, 0.25) is 0 Å². The van der Waals surface area contributed by atoms with E-state index in [4.69, 9.17) is 19.6 Å². The van der Waals surface area contributed by atoms with Gasteiger partial charge in [-0.1, -0.05) is 17.8 Å². The highest BCUT2D eigenvalue weighted by Gasteiger charge is 2.15. The van der Waals surface area contributed by atoms with E-state index in [1.165, 1.54) is 11.8 Å². The highest BCUT2D eigenvalue weighted by molar-refractivity contribution is 7.99. The van der Waals surface area contributed by atoms with Crippen molar-refractivity contribution >= 4 is 11.8 Å². The van der Waals surface area contributed by atoms with E-state index in [1.807, 2.05) is 18.2 Å². The summed E-state index contributed by atoms with van der Waals surface area (Å²) in [5.41, 5.74) is 7.10. The predicted octanol–water partition coefficient (Wildman–Crippen LogP) is 2.19. The third kappa shape index (κ3) is 3.43. The van der Waals surface area contributed by atoms with Crippen molar-refractivity contribution in [2.45, 2.75) is 18.2 Å². The molecular weight excluding hydrogens is 278 g/mol. The lowest BCUT2D eigenvalue weighted by Crippen LogP contribution is -2.14. The van der Waals surface area contributed by atoms with E-state index in [0.29, 0.717) is 22.6 Å². The maximum Gasteiger partial charge on any atom is 0.276 e. The van der Waals surface area contributed by atoms with Crippen molar-refractivity contribution in [1.82, 2.24) is 10.2 Å². The number of nitrogens with zero attached hydrogens (tertiary/aromatic N) is 2. The highest BCUT2D eigenvalue weighted by atomic mass is 32.2. The summed E-state index contributed by atoms with van der Waals surface area (Å²) in [6.07, 6.45) is 0. The minimum absolute atomic E-state index is 0.201. The molecule has 0 radical (unpaired) electrons. The predicted molar refractivity (Wildman–Crippen MR) is 76.2 cm³/mol. The van der Waals surface area contributed by atoms with E-state index in [9.17, 15) is 0 Å². The third-order valence-electron chi connectivity index (χ3n) is 2.73. The minimum atomic E-state index is -0.201. The second kappa shape index (κ2) is 6.62. The molecule has 0 fully saturated rings. The van der Waals surface area contributed by atoms with Gasteiger partial charge < -0.3 is 19.6 Å². The second-order valence-corrected chi connectivity index (χ2v) is 5.08. The molecule has 1 aromatic carbocycles. The van der Waals surface area contributed by atoms with E-state index < -0.39 is 0 Å². The van der Waals surface area contributed by atoms with Crippen LogP contribution < -0.4 is 15.2 Å². The quantitative estimate of drug-likeness (QED) is 0.818. The number of benzene rings is 1. The van der Waals surface area contributed by atoms with Crippen LogP contribution in [0.4, 0.5) is 0 Å². The van der Waals surface area contributed by atoms with Crippen LogP contribution >= 0.6 is 11.8 Å². The van der Waals surface area contributed by atoms with Gasteiger partial charge in [0, 0.05) is 30.3 Å². The normalized spacial score (nSPS) is 12.2. The summed E-state index contributed by atoms with van der Waals surface area (Å²) in [5.74, 6) is 2.60. The lowest BCUT2D eigenvalue weighted by atomic mass is 10.1. The van der Waals surface area contributed by atoms with Gasteiger partial charge in [-0.3, -0.25) is 0 Å². The first-order valence-corrected chi connectivity index (χ1v) is 7.03. The standard InChI is InChI=1S/C13H17N3O3S/c1-8-15-16-13(19-8)20-7-11(14)10-5-4-9(17-2)6-12(10)18-3/h4-6,11H,7,14H2,1-3H3. The van der Waals surface area contributed by atoms with Gasteiger partial charge in [-0.2, -0.15) is 0 Å². The molecule has 1 heterocycles. The van der Waals surface area contributed by atoms with Crippen molar-refractivity contribution in [1.29, 1.82) is 0 Å². The number of hydrogen-bond donors (Lipinski definition) is 1. The van der Waals surface area contributed by atoms with Gasteiger partial charge in [0.1, 0.15) is 11.5 Å². The van der Waals surface area contributed by atoms with E-state index in [0.717, 1.165) is 11.3 Å². The zero-order valence-corrected chi connectivity index (χ0v) is 12.4. The number of thioether (sulfide) groups is 1. The molecule has 2 aromatic rings. The summed E-state index contributed by atoms with van der Waals surface area (Å²) in [5, 5.41) is 8.21. The molecule has 0 aliphatic carbocycles. The van der Waals surface area contributed by atoms with Crippen molar-refractivity contribution in [3.05, 3.63) is 29.7 Å². The molecule has 20 heavy (non-hydrogen) atoms. The van der Waals surface area contributed by atoms with Gasteiger partial charge in [-0.05, 0) is 6.07 Å². The molecule has 0 bridgehead atoms. The summed E-state index contributed by atoms with van der Waals surface area (Å²) in [6.45, 7) is 1.75. The Kier molecular flexibility index (Phi) is 4.86. The summed E-state index contributed by atoms with van der Waals surface area (Å²) in [7, 11) is 3.22. The minimum Gasteiger partial charge on any atom is -0.497 e. The van der Waals surface area contributed by atoms with Crippen LogP contribution in [0.25, 0.3) is 0 Å². The van der Waals surface area contributed by atoms with Crippen LogP contribution in [0.3, 0.4) is 0 Å². The average Bonchev–Trinajstić information content (AvgIpc) is 2.89. The van der Waals surface area contributed by atoms with Crippen LogP contribution in [-0.2, 0) is 0 Å². The Balaban J connectivity index is 2.06. The second-order valence-electron chi connectivity index (χ2n) is 4.11. The Morgan fingerprint density at radius 1 is 1.30 bits per heavy atom. The molecule has 0 aliphatic rings. The molecule has 7 heteroatoms. The Hall–Kier alpha value is -1.73. The molecule has 2 N–H and O–H groups in total. The summed E-state index contributed by atoms with van der Waals surface area (Å²) in [6, 6.07) is 5.38. The molecule has 1 aromatic heterocycles. The number of methoxy groups -OCH3 is 2. The summed E-state index contributed by atoms with van der Waals surface area (Å²) >= 11 is 1.42. The molecule has 1 unspecified atom stereocenters. The van der Waals surface area contributed by atoms with Gasteiger partial charge in [0.15, 0.2) is 0 Å². The van der Waals surface area contributed by atoms with Gasteiger partial charge >= 0.3 is 0 Å². The lowest BCUT2D eigenvalue weighted by molar-refractivity contribution is 0.389. The SMILES string of the molecule is COc1ccc(C(N)CSc2nnc(C)o2)c(OC)c1. The molecule has 0 spiro atoms. The highest BCUT2D eigenvalue weighted by Crippen LogP contribution is 2.31. The first-order valence-electron chi connectivity index (χ1n) is 6.04. The van der Waals surface area contributed by atoms with E-state index in [1.54, 1.807) is 21.1 Å². The van der Waals surface area contributed by atoms with E-state index in [-0.39, 0.29) is 6.04 Å². The molecule has 1 atom stereocenters. The fourth-order valence-corrected chi connectivity index (χ4v) is 2.49. The van der Waals surface area contributed by atoms with Crippen molar-refractivity contribution in [3.8, 4) is 11.5 Å². The third-order valence-corrected chi connectivity index (χ3v) is 3.67. The van der Waals surface area contributed by atoms with Crippen LogP contribution in [0, 0.1) is 6.92 Å². The molecule has 0 saturated heterocycles. The van der Waals surface area contributed by atoms with E-state index >= 15 is 0 Å². The summed E-state index contributed by atoms with van der Waals surface area (Å²) in [4.78, 5) is 0. The summed E-state index contributed by atoms with van der Waals surface area (Å²) < 4.78 is 15.8. The maximum atomic E-state index is 6.19. The fraction of sp³-hybridized carbons (Fsp3) is 0.385. The molecule has 0 aliphatic heterocycles. The smallest absolute Gasteiger partial charge is 0.276 e. The van der Waals surface area contributed by atoms with Crippen molar-refractivity contribution in [3.63, 3.8) is 0 Å². The number of aryl methyl sites for hydroxylation is 1. The number of rotatable bonds is 6.